The van der Waals surface area contributed by atoms with E-state index in [2.05, 4.69) is 29.1 Å². The van der Waals surface area contributed by atoms with E-state index in [4.69, 9.17) is 0 Å². The molecule has 2 aromatic heterocycles. The largest absolute Gasteiger partial charge is 0.309 e. The molecule has 108 valence electrons. The van der Waals surface area contributed by atoms with Crippen LogP contribution in [0.4, 0.5) is 0 Å². The number of aromatic amines is 1. The van der Waals surface area contributed by atoms with Gasteiger partial charge in [0.25, 0.3) is 5.56 Å². The second kappa shape index (κ2) is 5.66. The molecule has 0 aliphatic heterocycles. The van der Waals surface area contributed by atoms with Gasteiger partial charge in [-0.05, 0) is 44.6 Å². The van der Waals surface area contributed by atoms with Crippen LogP contribution in [0.15, 0.2) is 4.79 Å². The summed E-state index contributed by atoms with van der Waals surface area (Å²) in [6, 6.07) is 0.438. The molecule has 3 rings (SSSR count). The number of nitrogens with one attached hydrogen (secondary N) is 2. The van der Waals surface area contributed by atoms with Crippen LogP contribution < -0.4 is 10.9 Å². The molecule has 0 saturated carbocycles. The Bertz CT molecular complexity index is 674. The number of thiophene rings is 1. The number of aryl methyl sites for hydroxylation is 2. The van der Waals surface area contributed by atoms with Crippen LogP contribution in [0.2, 0.25) is 0 Å². The van der Waals surface area contributed by atoms with Gasteiger partial charge in [0.2, 0.25) is 0 Å². The van der Waals surface area contributed by atoms with E-state index in [1.54, 1.807) is 11.3 Å². The van der Waals surface area contributed by atoms with Crippen molar-refractivity contribution in [1.82, 2.24) is 15.3 Å². The molecule has 0 spiro atoms. The number of nitrogens with zero attached hydrogens (tertiary/aromatic N) is 1. The summed E-state index contributed by atoms with van der Waals surface area (Å²) in [6.45, 7) is 4.91. The average Bonchev–Trinajstić information content (AvgIpc) is 2.83. The van der Waals surface area contributed by atoms with Gasteiger partial charge in [0, 0.05) is 10.9 Å². The van der Waals surface area contributed by atoms with Crippen LogP contribution in [0.25, 0.3) is 10.2 Å². The monoisotopic (exact) mass is 291 g/mol. The first kappa shape index (κ1) is 13.8. The molecule has 1 unspecified atom stereocenters. The molecule has 0 amide bonds. The van der Waals surface area contributed by atoms with Crippen molar-refractivity contribution in [2.45, 2.75) is 58.5 Å². The second-order valence-electron chi connectivity index (χ2n) is 5.59. The summed E-state index contributed by atoms with van der Waals surface area (Å²) >= 11 is 1.71. The smallest absolute Gasteiger partial charge is 0.259 e. The minimum Gasteiger partial charge on any atom is -0.309 e. The summed E-state index contributed by atoms with van der Waals surface area (Å²) in [5.74, 6) is 0.751. The summed E-state index contributed by atoms with van der Waals surface area (Å²) in [5.41, 5.74) is 1.29. The Labute approximate surface area is 122 Å². The molecule has 20 heavy (non-hydrogen) atoms. The summed E-state index contributed by atoms with van der Waals surface area (Å²) < 4.78 is 0. The van der Waals surface area contributed by atoms with Crippen LogP contribution in [0.5, 0.6) is 0 Å². The van der Waals surface area contributed by atoms with Gasteiger partial charge in [-0.2, -0.15) is 0 Å². The van der Waals surface area contributed by atoms with Crippen LogP contribution >= 0.6 is 11.3 Å². The zero-order valence-corrected chi connectivity index (χ0v) is 12.9. The van der Waals surface area contributed by atoms with Crippen molar-refractivity contribution in [3.8, 4) is 0 Å². The maximum absolute atomic E-state index is 12.3. The quantitative estimate of drug-likeness (QED) is 0.910. The van der Waals surface area contributed by atoms with Crippen molar-refractivity contribution >= 4 is 21.6 Å². The van der Waals surface area contributed by atoms with Gasteiger partial charge in [-0.1, -0.05) is 6.92 Å². The fraction of sp³-hybridized carbons (Fsp3) is 0.600. The van der Waals surface area contributed by atoms with E-state index in [9.17, 15) is 4.79 Å². The van der Waals surface area contributed by atoms with Crippen molar-refractivity contribution in [3.63, 3.8) is 0 Å². The van der Waals surface area contributed by atoms with Crippen molar-refractivity contribution in [1.29, 1.82) is 0 Å². The third-order valence-corrected chi connectivity index (χ3v) is 5.29. The Morgan fingerprint density at radius 1 is 1.40 bits per heavy atom. The highest BCUT2D eigenvalue weighted by atomic mass is 32.1. The minimum atomic E-state index is 0.0374. The fourth-order valence-electron chi connectivity index (χ4n) is 2.71. The van der Waals surface area contributed by atoms with E-state index in [0.29, 0.717) is 12.6 Å². The SMILES string of the molecule is CCC(C)NCc1nc2sc3c(c2c(=O)[nH]1)CCCC3. The Morgan fingerprint density at radius 2 is 2.20 bits per heavy atom. The Hall–Kier alpha value is -1.20. The highest BCUT2D eigenvalue weighted by molar-refractivity contribution is 7.18. The van der Waals surface area contributed by atoms with Crippen molar-refractivity contribution in [2.24, 2.45) is 0 Å². The molecule has 2 aromatic rings. The highest BCUT2D eigenvalue weighted by Crippen LogP contribution is 2.33. The maximum Gasteiger partial charge on any atom is 0.259 e. The predicted octanol–water partition coefficient (Wildman–Crippen LogP) is 2.75. The standard InChI is InChI=1S/C15H21N3OS/c1-3-9(2)16-8-12-17-14(19)13-10-6-4-5-7-11(10)20-15(13)18-12/h9,16H,3-8H2,1-2H3,(H,17,18,19). The number of rotatable bonds is 4. The second-order valence-corrected chi connectivity index (χ2v) is 6.68. The van der Waals surface area contributed by atoms with Crippen LogP contribution in [0.1, 0.15) is 49.4 Å². The van der Waals surface area contributed by atoms with E-state index in [-0.39, 0.29) is 5.56 Å². The topological polar surface area (TPSA) is 57.8 Å². The van der Waals surface area contributed by atoms with Gasteiger partial charge in [0.1, 0.15) is 10.7 Å². The van der Waals surface area contributed by atoms with Gasteiger partial charge in [-0.15, -0.1) is 11.3 Å². The lowest BCUT2D eigenvalue weighted by atomic mass is 9.97. The molecular weight excluding hydrogens is 270 g/mol. The zero-order chi connectivity index (χ0) is 14.1. The molecule has 2 N–H and O–H groups in total. The minimum absolute atomic E-state index is 0.0374. The number of aromatic nitrogens is 2. The van der Waals surface area contributed by atoms with E-state index < -0.39 is 0 Å². The predicted molar refractivity (Wildman–Crippen MR) is 83.5 cm³/mol. The lowest BCUT2D eigenvalue weighted by molar-refractivity contribution is 0.523. The van der Waals surface area contributed by atoms with Crippen molar-refractivity contribution in [3.05, 3.63) is 26.6 Å². The molecule has 0 fully saturated rings. The number of fused-ring (bicyclic) bond motifs is 3. The van der Waals surface area contributed by atoms with Gasteiger partial charge in [-0.3, -0.25) is 4.79 Å². The van der Waals surface area contributed by atoms with E-state index in [0.717, 1.165) is 35.3 Å². The lowest BCUT2D eigenvalue weighted by Gasteiger charge is -2.11. The molecule has 0 saturated heterocycles. The van der Waals surface area contributed by atoms with Crippen LogP contribution in [-0.2, 0) is 19.4 Å². The molecule has 0 aromatic carbocycles. The van der Waals surface area contributed by atoms with Crippen LogP contribution in [0, 0.1) is 0 Å². The number of hydrogen-bond donors (Lipinski definition) is 2. The molecular formula is C15H21N3OS. The molecule has 4 nitrogen and oxygen atoms in total. The molecule has 2 heterocycles. The number of hydrogen-bond acceptors (Lipinski definition) is 4. The van der Waals surface area contributed by atoms with E-state index in [1.165, 1.54) is 23.3 Å². The average molecular weight is 291 g/mol. The molecule has 5 heteroatoms. The van der Waals surface area contributed by atoms with E-state index in [1.807, 2.05) is 0 Å². The molecule has 0 bridgehead atoms. The van der Waals surface area contributed by atoms with Gasteiger partial charge in [0.05, 0.1) is 11.9 Å². The summed E-state index contributed by atoms with van der Waals surface area (Å²) in [7, 11) is 0. The van der Waals surface area contributed by atoms with E-state index >= 15 is 0 Å². The van der Waals surface area contributed by atoms with Crippen molar-refractivity contribution < 1.29 is 0 Å². The zero-order valence-electron chi connectivity index (χ0n) is 12.1. The lowest BCUT2D eigenvalue weighted by Crippen LogP contribution is -2.26. The molecule has 1 aliphatic carbocycles. The third-order valence-electron chi connectivity index (χ3n) is 4.10. The highest BCUT2D eigenvalue weighted by Gasteiger charge is 2.19. The van der Waals surface area contributed by atoms with Crippen LogP contribution in [0.3, 0.4) is 0 Å². The first-order chi connectivity index (χ1) is 9.69. The molecule has 0 radical (unpaired) electrons. The third kappa shape index (κ3) is 2.52. The Morgan fingerprint density at radius 3 is 3.00 bits per heavy atom. The maximum atomic E-state index is 12.3. The van der Waals surface area contributed by atoms with Gasteiger partial charge in [-0.25, -0.2) is 4.98 Å². The summed E-state index contributed by atoms with van der Waals surface area (Å²) in [6.07, 6.45) is 5.64. The Balaban J connectivity index is 1.96. The number of H-pyrrole nitrogens is 1. The first-order valence-electron chi connectivity index (χ1n) is 7.46. The summed E-state index contributed by atoms with van der Waals surface area (Å²) in [5, 5.41) is 4.22. The normalized spacial score (nSPS) is 16.3. The fourth-order valence-corrected chi connectivity index (χ4v) is 3.99. The summed E-state index contributed by atoms with van der Waals surface area (Å²) in [4.78, 5) is 22.2. The first-order valence-corrected chi connectivity index (χ1v) is 8.27. The van der Waals surface area contributed by atoms with Gasteiger partial charge < -0.3 is 10.3 Å². The van der Waals surface area contributed by atoms with Crippen LogP contribution in [-0.4, -0.2) is 16.0 Å². The Kier molecular flexibility index (Phi) is 3.89. The van der Waals surface area contributed by atoms with Gasteiger partial charge >= 0.3 is 0 Å². The van der Waals surface area contributed by atoms with Crippen molar-refractivity contribution in [2.75, 3.05) is 0 Å². The molecule has 1 atom stereocenters. The molecule has 1 aliphatic rings. The van der Waals surface area contributed by atoms with Gasteiger partial charge in [0.15, 0.2) is 0 Å².